The Bertz CT molecular complexity index is 1480. The summed E-state index contributed by atoms with van der Waals surface area (Å²) < 4.78 is 22.0. The van der Waals surface area contributed by atoms with E-state index in [1.165, 1.54) is 0 Å². The molecule has 2 N–H and O–H groups in total. The molecule has 2 fully saturated rings. The van der Waals surface area contributed by atoms with E-state index in [4.69, 9.17) is 18.9 Å². The first-order chi connectivity index (χ1) is 24.5. The number of anilines is 2. The fourth-order valence-electron chi connectivity index (χ4n) is 6.61. The fourth-order valence-corrected chi connectivity index (χ4v) is 6.61. The van der Waals surface area contributed by atoms with Crippen molar-refractivity contribution in [1.29, 1.82) is 0 Å². The maximum atomic E-state index is 13.3. The number of esters is 2. The van der Waals surface area contributed by atoms with Gasteiger partial charge in [0, 0.05) is 49.4 Å². The van der Waals surface area contributed by atoms with Gasteiger partial charge in [-0.1, -0.05) is 24.3 Å². The number of likely N-dealkylation sites (tertiary alicyclic amines) is 2. The highest BCUT2D eigenvalue weighted by Crippen LogP contribution is 2.37. The molecule has 2 aromatic carbocycles. The SMILES string of the molecule is CCOC(=O)C1CCN(C(=O)OC(C)(C)C)CC1c1cccc(NC(=O)Nc2cccc(C3CN(C(=O)OC(C)(C)C)CCC3C(=O)OCC)c2)c1. The first-order valence-electron chi connectivity index (χ1n) is 18.0. The van der Waals surface area contributed by atoms with Crippen molar-refractivity contribution in [3.63, 3.8) is 0 Å². The van der Waals surface area contributed by atoms with Crippen LogP contribution in [0.1, 0.15) is 91.2 Å². The number of piperidine rings is 2. The van der Waals surface area contributed by atoms with Crippen LogP contribution in [0.4, 0.5) is 25.8 Å². The molecule has 2 aliphatic heterocycles. The summed E-state index contributed by atoms with van der Waals surface area (Å²) in [6, 6.07) is 13.9. The molecule has 0 spiro atoms. The molecule has 13 nitrogen and oxygen atoms in total. The lowest BCUT2D eigenvalue weighted by Crippen LogP contribution is -2.47. The van der Waals surface area contributed by atoms with Gasteiger partial charge in [0.1, 0.15) is 11.2 Å². The van der Waals surface area contributed by atoms with Gasteiger partial charge in [-0.15, -0.1) is 0 Å². The van der Waals surface area contributed by atoms with Gasteiger partial charge < -0.3 is 39.4 Å². The van der Waals surface area contributed by atoms with E-state index in [0.29, 0.717) is 37.3 Å². The Morgan fingerprint density at radius 2 is 1.04 bits per heavy atom. The third-order valence-electron chi connectivity index (χ3n) is 8.85. The predicted octanol–water partition coefficient (Wildman–Crippen LogP) is 7.14. The van der Waals surface area contributed by atoms with Crippen LogP contribution in [0.5, 0.6) is 0 Å². The van der Waals surface area contributed by atoms with Gasteiger partial charge in [-0.05, 0) is 104 Å². The van der Waals surface area contributed by atoms with Crippen LogP contribution in [-0.4, -0.2) is 90.6 Å². The Kier molecular flexibility index (Phi) is 13.2. The lowest BCUT2D eigenvalue weighted by atomic mass is 9.80. The Morgan fingerprint density at radius 1 is 0.654 bits per heavy atom. The zero-order valence-corrected chi connectivity index (χ0v) is 31.7. The molecule has 13 heteroatoms. The summed E-state index contributed by atoms with van der Waals surface area (Å²) in [4.78, 5) is 68.4. The number of carbonyl (C=O) groups excluding carboxylic acids is 5. The molecule has 4 amide bonds. The average molecular weight is 723 g/mol. The maximum Gasteiger partial charge on any atom is 0.410 e. The lowest BCUT2D eigenvalue weighted by molar-refractivity contribution is -0.151. The Balaban J connectivity index is 1.51. The number of nitrogens with zero attached hydrogens (tertiary/aromatic N) is 2. The minimum atomic E-state index is -0.666. The summed E-state index contributed by atoms with van der Waals surface area (Å²) in [5, 5.41) is 5.75. The van der Waals surface area contributed by atoms with Crippen LogP contribution in [-0.2, 0) is 28.5 Å². The number of ether oxygens (including phenoxy) is 4. The van der Waals surface area contributed by atoms with E-state index in [1.54, 1.807) is 102 Å². The summed E-state index contributed by atoms with van der Waals surface area (Å²) in [6.07, 6.45) is -0.0830. The lowest BCUT2D eigenvalue weighted by Gasteiger charge is -2.38. The number of carbonyl (C=O) groups is 5. The van der Waals surface area contributed by atoms with Gasteiger partial charge in [0.2, 0.25) is 0 Å². The molecule has 4 unspecified atom stereocenters. The summed E-state index contributed by atoms with van der Waals surface area (Å²) in [5.74, 6) is -2.38. The summed E-state index contributed by atoms with van der Waals surface area (Å²) in [6.45, 7) is 16.1. The minimum absolute atomic E-state index is 0.243. The molecule has 0 bridgehead atoms. The van der Waals surface area contributed by atoms with Crippen LogP contribution in [0.25, 0.3) is 0 Å². The van der Waals surface area contributed by atoms with Crippen LogP contribution in [0, 0.1) is 11.8 Å². The van der Waals surface area contributed by atoms with Crippen molar-refractivity contribution < 1.29 is 42.9 Å². The number of amides is 4. The summed E-state index contributed by atoms with van der Waals surface area (Å²) >= 11 is 0. The molecule has 4 rings (SSSR count). The highest BCUT2D eigenvalue weighted by molar-refractivity contribution is 5.99. The zero-order chi connectivity index (χ0) is 38.2. The highest BCUT2D eigenvalue weighted by atomic mass is 16.6. The van der Waals surface area contributed by atoms with E-state index in [9.17, 15) is 24.0 Å². The second-order valence-corrected chi connectivity index (χ2v) is 15.2. The number of nitrogens with one attached hydrogen (secondary N) is 2. The number of hydrogen-bond donors (Lipinski definition) is 2. The van der Waals surface area contributed by atoms with E-state index in [0.717, 1.165) is 11.1 Å². The Labute approximate surface area is 306 Å². The average Bonchev–Trinajstić information content (AvgIpc) is 3.06. The number of urea groups is 1. The molecular formula is C39H54N4O9. The van der Waals surface area contributed by atoms with Gasteiger partial charge in [0.05, 0.1) is 25.0 Å². The molecule has 0 aliphatic carbocycles. The van der Waals surface area contributed by atoms with Gasteiger partial charge >= 0.3 is 30.2 Å². The van der Waals surface area contributed by atoms with Gasteiger partial charge in [0.25, 0.3) is 0 Å². The van der Waals surface area contributed by atoms with Crippen molar-refractivity contribution >= 4 is 41.5 Å². The molecule has 2 heterocycles. The van der Waals surface area contributed by atoms with Crippen molar-refractivity contribution in [2.75, 3.05) is 50.0 Å². The zero-order valence-electron chi connectivity index (χ0n) is 31.7. The van der Waals surface area contributed by atoms with Crippen molar-refractivity contribution in [3.8, 4) is 0 Å². The second-order valence-electron chi connectivity index (χ2n) is 15.2. The third kappa shape index (κ3) is 11.1. The molecule has 0 radical (unpaired) electrons. The Morgan fingerprint density at radius 3 is 1.38 bits per heavy atom. The van der Waals surface area contributed by atoms with Crippen LogP contribution in [0.15, 0.2) is 48.5 Å². The van der Waals surface area contributed by atoms with Crippen LogP contribution >= 0.6 is 0 Å². The van der Waals surface area contributed by atoms with E-state index < -0.39 is 41.3 Å². The van der Waals surface area contributed by atoms with Crippen molar-refractivity contribution in [2.45, 2.75) is 91.3 Å². The third-order valence-corrected chi connectivity index (χ3v) is 8.85. The molecule has 2 aromatic rings. The van der Waals surface area contributed by atoms with Crippen molar-refractivity contribution in [1.82, 2.24) is 9.80 Å². The van der Waals surface area contributed by atoms with Gasteiger partial charge in [-0.25, -0.2) is 14.4 Å². The molecule has 52 heavy (non-hydrogen) atoms. The maximum absolute atomic E-state index is 13.3. The van der Waals surface area contributed by atoms with Crippen molar-refractivity contribution in [2.24, 2.45) is 11.8 Å². The van der Waals surface area contributed by atoms with E-state index in [1.807, 2.05) is 12.1 Å². The monoisotopic (exact) mass is 722 g/mol. The summed E-state index contributed by atoms with van der Waals surface area (Å²) in [5.41, 5.74) is 1.18. The van der Waals surface area contributed by atoms with Crippen LogP contribution in [0.2, 0.25) is 0 Å². The number of benzene rings is 2. The van der Waals surface area contributed by atoms with Crippen LogP contribution in [0.3, 0.4) is 0 Å². The normalized spacial score (nSPS) is 20.7. The first-order valence-corrected chi connectivity index (χ1v) is 18.0. The van der Waals surface area contributed by atoms with E-state index >= 15 is 0 Å². The molecule has 0 aromatic heterocycles. The van der Waals surface area contributed by atoms with E-state index in [2.05, 4.69) is 10.6 Å². The standard InChI is InChI=1S/C39H54N4O9/c1-9-49-33(44)29-17-19-42(36(47)51-38(3,4)5)23-31(29)25-13-11-15-27(21-25)40-35(46)41-28-16-12-14-26(22-28)32-24-43(37(48)52-39(6,7)8)20-18-30(32)34(45)50-10-2/h11-16,21-22,29-32H,9-10,17-20,23-24H2,1-8H3,(H2,40,41,46). The highest BCUT2D eigenvalue weighted by Gasteiger charge is 2.40. The largest absolute Gasteiger partial charge is 0.466 e. The second kappa shape index (κ2) is 17.1. The van der Waals surface area contributed by atoms with Crippen LogP contribution < -0.4 is 10.6 Å². The number of rotatable bonds is 8. The molecule has 0 saturated carbocycles. The topological polar surface area (TPSA) is 153 Å². The molecular weight excluding hydrogens is 668 g/mol. The van der Waals surface area contributed by atoms with Gasteiger partial charge in [0.15, 0.2) is 0 Å². The predicted molar refractivity (Wildman–Crippen MR) is 196 cm³/mol. The molecule has 4 atom stereocenters. The summed E-state index contributed by atoms with van der Waals surface area (Å²) in [7, 11) is 0. The molecule has 2 aliphatic rings. The first kappa shape index (κ1) is 40.0. The van der Waals surface area contributed by atoms with Gasteiger partial charge in [-0.2, -0.15) is 0 Å². The fraction of sp³-hybridized carbons (Fsp3) is 0.564. The molecule has 2 saturated heterocycles. The smallest absolute Gasteiger partial charge is 0.410 e. The molecule has 284 valence electrons. The van der Waals surface area contributed by atoms with Gasteiger partial charge in [-0.3, -0.25) is 9.59 Å². The number of hydrogen-bond acceptors (Lipinski definition) is 9. The quantitative estimate of drug-likeness (QED) is 0.214. The minimum Gasteiger partial charge on any atom is -0.466 e. The van der Waals surface area contributed by atoms with E-state index in [-0.39, 0.29) is 50.1 Å². The Hall–Kier alpha value is -4.81. The van der Waals surface area contributed by atoms with Crippen molar-refractivity contribution in [3.05, 3.63) is 59.7 Å².